The van der Waals surface area contributed by atoms with Crippen LogP contribution in [0.1, 0.15) is 6.42 Å². The number of halogens is 1. The maximum absolute atomic E-state index is 14.5. The van der Waals surface area contributed by atoms with Crippen LogP contribution in [-0.2, 0) is 0 Å². The Hall–Kier alpha value is -3.92. The molecule has 2 aliphatic rings. The first-order chi connectivity index (χ1) is 16.7. The van der Waals surface area contributed by atoms with E-state index < -0.39 is 0 Å². The van der Waals surface area contributed by atoms with Crippen LogP contribution in [0.15, 0.2) is 42.7 Å². The fraction of sp³-hybridized carbons (Fsp3) is 0.292. The monoisotopic (exact) mass is 458 g/mol. The Kier molecular flexibility index (Phi) is 4.19. The van der Waals surface area contributed by atoms with E-state index in [1.165, 1.54) is 6.07 Å². The highest BCUT2D eigenvalue weighted by atomic mass is 19.1. The quantitative estimate of drug-likeness (QED) is 0.379. The molecule has 2 saturated heterocycles. The van der Waals surface area contributed by atoms with E-state index in [9.17, 15) is 4.39 Å². The van der Waals surface area contributed by atoms with E-state index >= 15 is 0 Å². The van der Waals surface area contributed by atoms with E-state index in [0.29, 0.717) is 29.0 Å². The van der Waals surface area contributed by atoms with Gasteiger partial charge in [-0.15, -0.1) is 0 Å². The zero-order chi connectivity index (χ0) is 22.8. The molecule has 0 bridgehead atoms. The summed E-state index contributed by atoms with van der Waals surface area (Å²) in [7, 11) is 1.78. The molecule has 1 aromatic carbocycles. The zero-order valence-corrected chi connectivity index (χ0v) is 18.5. The van der Waals surface area contributed by atoms with Gasteiger partial charge in [-0.2, -0.15) is 15.1 Å². The van der Waals surface area contributed by atoms with Gasteiger partial charge in [0.2, 0.25) is 0 Å². The van der Waals surface area contributed by atoms with E-state index in [1.807, 2.05) is 18.2 Å². The molecule has 0 radical (unpaired) electrons. The number of nitrogens with zero attached hydrogens (tertiary/aromatic N) is 5. The predicted octanol–water partition coefficient (Wildman–Crippen LogP) is 3.53. The molecule has 0 unspecified atom stereocenters. The maximum Gasteiger partial charge on any atom is 0.326 e. The Labute approximate surface area is 193 Å². The van der Waals surface area contributed by atoms with Crippen molar-refractivity contribution in [3.05, 3.63) is 48.5 Å². The smallest absolute Gasteiger partial charge is 0.326 e. The van der Waals surface area contributed by atoms with Crippen LogP contribution in [0.5, 0.6) is 11.8 Å². The zero-order valence-electron chi connectivity index (χ0n) is 18.5. The predicted molar refractivity (Wildman–Crippen MR) is 128 cm³/mol. The highest BCUT2D eigenvalue weighted by Gasteiger charge is 2.37. The number of H-pyrrole nitrogens is 1. The second-order valence-electron chi connectivity index (χ2n) is 8.99. The van der Waals surface area contributed by atoms with Gasteiger partial charge in [0.15, 0.2) is 0 Å². The van der Waals surface area contributed by atoms with Crippen LogP contribution >= 0.6 is 0 Å². The molecule has 5 aromatic rings. The Morgan fingerprint density at radius 3 is 3.00 bits per heavy atom. The van der Waals surface area contributed by atoms with E-state index in [-0.39, 0.29) is 11.8 Å². The second kappa shape index (κ2) is 7.29. The third kappa shape index (κ3) is 2.98. The van der Waals surface area contributed by atoms with E-state index in [4.69, 9.17) is 9.72 Å². The Balaban J connectivity index is 1.40. The Bertz CT molecular complexity index is 1550. The lowest BCUT2D eigenvalue weighted by atomic mass is 10.1. The van der Waals surface area contributed by atoms with Gasteiger partial charge in [0.1, 0.15) is 23.0 Å². The van der Waals surface area contributed by atoms with Gasteiger partial charge in [-0.25, -0.2) is 8.91 Å². The second-order valence-corrected chi connectivity index (χ2v) is 8.99. The molecular formula is C24H23FN8O. The van der Waals surface area contributed by atoms with Crippen molar-refractivity contribution in [1.29, 1.82) is 0 Å². The lowest BCUT2D eigenvalue weighted by Gasteiger charge is -2.20. The molecule has 4 aromatic heterocycles. The Morgan fingerprint density at radius 1 is 1.18 bits per heavy atom. The van der Waals surface area contributed by atoms with Crippen molar-refractivity contribution in [3.63, 3.8) is 0 Å². The van der Waals surface area contributed by atoms with Crippen LogP contribution in [0.3, 0.4) is 0 Å². The topological polar surface area (TPSA) is 95.4 Å². The number of aromatic nitrogens is 5. The van der Waals surface area contributed by atoms with Crippen molar-refractivity contribution in [2.75, 3.05) is 36.9 Å². The van der Waals surface area contributed by atoms with Gasteiger partial charge in [-0.1, -0.05) is 0 Å². The Morgan fingerprint density at radius 2 is 2.12 bits per heavy atom. The molecule has 0 spiro atoms. The minimum Gasteiger partial charge on any atom is -0.423 e. The summed E-state index contributed by atoms with van der Waals surface area (Å²) in [6.07, 6.45) is 4.68. The number of aromatic amines is 1. The molecule has 6 heterocycles. The van der Waals surface area contributed by atoms with Crippen molar-refractivity contribution in [3.8, 4) is 11.8 Å². The number of pyridine rings is 1. The molecule has 34 heavy (non-hydrogen) atoms. The lowest BCUT2D eigenvalue weighted by Crippen LogP contribution is -2.30. The van der Waals surface area contributed by atoms with Gasteiger partial charge in [-0.05, 0) is 49.2 Å². The van der Waals surface area contributed by atoms with Gasteiger partial charge in [0.25, 0.3) is 0 Å². The molecule has 0 saturated carbocycles. The van der Waals surface area contributed by atoms with Gasteiger partial charge >= 0.3 is 6.01 Å². The molecular weight excluding hydrogens is 435 g/mol. The minimum atomic E-state index is -0.309. The fourth-order valence-electron chi connectivity index (χ4n) is 5.38. The summed E-state index contributed by atoms with van der Waals surface area (Å²) < 4.78 is 22.3. The van der Waals surface area contributed by atoms with Crippen molar-refractivity contribution < 1.29 is 9.13 Å². The van der Waals surface area contributed by atoms with Crippen LogP contribution in [0.2, 0.25) is 0 Å². The molecule has 2 fully saturated rings. The van der Waals surface area contributed by atoms with Crippen LogP contribution in [0.25, 0.3) is 27.5 Å². The van der Waals surface area contributed by atoms with Crippen molar-refractivity contribution in [2.24, 2.45) is 5.92 Å². The third-order valence-corrected chi connectivity index (χ3v) is 6.99. The molecule has 0 aliphatic carbocycles. The summed E-state index contributed by atoms with van der Waals surface area (Å²) in [6, 6.07) is 9.41. The molecule has 7 rings (SSSR count). The third-order valence-electron chi connectivity index (χ3n) is 6.99. The average molecular weight is 459 g/mol. The minimum absolute atomic E-state index is 0.233. The fourth-order valence-corrected chi connectivity index (χ4v) is 5.38. The van der Waals surface area contributed by atoms with Crippen molar-refractivity contribution >= 4 is 39.0 Å². The number of nitrogens with one attached hydrogen (secondary N) is 3. The van der Waals surface area contributed by atoms with E-state index in [0.717, 1.165) is 53.7 Å². The number of hydrogen-bond donors (Lipinski definition) is 3. The van der Waals surface area contributed by atoms with E-state index in [2.05, 4.69) is 30.6 Å². The first-order valence-electron chi connectivity index (χ1n) is 11.5. The van der Waals surface area contributed by atoms with Gasteiger partial charge < -0.3 is 25.3 Å². The van der Waals surface area contributed by atoms with Gasteiger partial charge in [-0.3, -0.25) is 0 Å². The highest BCUT2D eigenvalue weighted by Crippen LogP contribution is 2.39. The average Bonchev–Trinajstić information content (AvgIpc) is 3.60. The van der Waals surface area contributed by atoms with Crippen molar-refractivity contribution in [2.45, 2.75) is 12.5 Å². The number of rotatable bonds is 4. The van der Waals surface area contributed by atoms with E-state index in [1.54, 1.807) is 30.0 Å². The standard InChI is InChI=1S/C24H23FN8O/c1-26-18-9-14(25)8-17-20-22(29-21(17)18)30-24(34-16-3-2-15-5-7-28-33(15)11-16)31-23(20)32-10-13-4-6-27-19(13)12-32/h2-3,5,7-9,11,13,19,26-27H,4,6,10,12H2,1H3,(H,29,30,31)/t13-,19+/m1/s1. The number of benzene rings is 1. The van der Waals surface area contributed by atoms with Crippen LogP contribution in [0.4, 0.5) is 15.9 Å². The molecule has 9 nitrogen and oxygen atoms in total. The van der Waals surface area contributed by atoms with Gasteiger partial charge in [0, 0.05) is 37.8 Å². The molecule has 3 N–H and O–H groups in total. The normalized spacial score (nSPS) is 20.0. The summed E-state index contributed by atoms with van der Waals surface area (Å²) >= 11 is 0. The summed E-state index contributed by atoms with van der Waals surface area (Å²) in [5.41, 5.74) is 3.05. The summed E-state index contributed by atoms with van der Waals surface area (Å²) in [6.45, 7) is 2.79. The first-order valence-corrected chi connectivity index (χ1v) is 11.5. The molecule has 2 atom stereocenters. The number of fused-ring (bicyclic) bond motifs is 5. The van der Waals surface area contributed by atoms with Crippen LogP contribution in [-0.4, -0.2) is 57.3 Å². The number of anilines is 2. The lowest BCUT2D eigenvalue weighted by molar-refractivity contribution is 0.440. The van der Waals surface area contributed by atoms with Crippen molar-refractivity contribution in [1.82, 2.24) is 29.9 Å². The molecule has 10 heteroatoms. The highest BCUT2D eigenvalue weighted by molar-refractivity contribution is 6.14. The summed E-state index contributed by atoms with van der Waals surface area (Å²) in [5.74, 6) is 1.61. The molecule has 2 aliphatic heterocycles. The van der Waals surface area contributed by atoms with Gasteiger partial charge in [0.05, 0.1) is 28.3 Å². The summed E-state index contributed by atoms with van der Waals surface area (Å²) in [4.78, 5) is 15.2. The number of ether oxygens (including phenoxy) is 1. The number of hydrogen-bond acceptors (Lipinski definition) is 7. The SMILES string of the molecule is CNc1cc(F)cc2c1[nH]c1nc(Oc3ccc4ccnn4c3)nc(N3C[C@H]4CCN[C@H]4C3)c12. The van der Waals surface area contributed by atoms with Crippen LogP contribution in [0, 0.1) is 11.7 Å². The molecule has 0 amide bonds. The molecule has 172 valence electrons. The maximum atomic E-state index is 14.5. The first kappa shape index (κ1) is 19.5. The summed E-state index contributed by atoms with van der Waals surface area (Å²) in [5, 5.41) is 12.5. The van der Waals surface area contributed by atoms with Crippen LogP contribution < -0.4 is 20.3 Å². The largest absolute Gasteiger partial charge is 0.423 e.